The Hall–Kier alpha value is -3.90. The molecule has 0 unspecified atom stereocenters. The smallest absolute Gasteiger partial charge is 0.294 e. The first-order valence-corrected chi connectivity index (χ1v) is 13.0. The van der Waals surface area contributed by atoms with E-state index in [2.05, 4.69) is 16.3 Å². The number of hydrogen-bond acceptors (Lipinski definition) is 4. The van der Waals surface area contributed by atoms with E-state index in [4.69, 9.17) is 4.74 Å². The summed E-state index contributed by atoms with van der Waals surface area (Å²) in [6.07, 6.45) is 5.25. The molecule has 3 aromatic carbocycles. The number of nitrogens with one attached hydrogen (secondary N) is 1. The van der Waals surface area contributed by atoms with Crippen LogP contribution < -0.4 is 15.0 Å². The number of fused-ring (bicyclic) bond motifs is 1. The van der Waals surface area contributed by atoms with Crippen LogP contribution in [-0.4, -0.2) is 42.9 Å². The van der Waals surface area contributed by atoms with Gasteiger partial charge >= 0.3 is 0 Å². The van der Waals surface area contributed by atoms with Gasteiger partial charge in [0.25, 0.3) is 11.8 Å². The van der Waals surface area contributed by atoms with Crippen LogP contribution in [0.4, 0.5) is 5.69 Å². The van der Waals surface area contributed by atoms with Crippen LogP contribution in [0.2, 0.25) is 0 Å². The molecular weight excluding hydrogens is 462 g/mol. The average Bonchev–Trinajstić information content (AvgIpc) is 3.43. The number of anilines is 1. The molecule has 2 aliphatic heterocycles. The summed E-state index contributed by atoms with van der Waals surface area (Å²) in [6, 6.07) is 23.0. The number of amides is 2. The third-order valence-electron chi connectivity index (χ3n) is 6.86. The zero-order chi connectivity index (χ0) is 25.6. The molecule has 1 N–H and O–H groups in total. The molecule has 0 atom stereocenters. The summed E-state index contributed by atoms with van der Waals surface area (Å²) in [7, 11) is 0. The van der Waals surface area contributed by atoms with Crippen LogP contribution in [0.1, 0.15) is 46.3 Å². The van der Waals surface area contributed by atoms with Crippen LogP contribution in [0.15, 0.2) is 78.6 Å². The minimum atomic E-state index is -0.194. The lowest BCUT2D eigenvalue weighted by Crippen LogP contribution is -2.36. The van der Waals surface area contributed by atoms with Gasteiger partial charge in [-0.25, -0.2) is 0 Å². The second kappa shape index (κ2) is 11.4. The average molecular weight is 496 g/mol. The van der Waals surface area contributed by atoms with Crippen molar-refractivity contribution in [3.63, 3.8) is 0 Å². The number of benzene rings is 3. The number of aryl methyl sites for hydroxylation is 1. The van der Waals surface area contributed by atoms with Gasteiger partial charge in [0.05, 0.1) is 12.2 Å². The third kappa shape index (κ3) is 6.09. The molecule has 0 aromatic heterocycles. The molecule has 0 radical (unpaired) electrons. The van der Waals surface area contributed by atoms with Crippen molar-refractivity contribution in [1.82, 2.24) is 10.2 Å². The number of rotatable bonds is 8. The van der Waals surface area contributed by atoms with E-state index in [1.165, 1.54) is 25.9 Å². The molecule has 6 nitrogen and oxygen atoms in total. The van der Waals surface area contributed by atoms with E-state index in [1.54, 1.807) is 23.1 Å². The van der Waals surface area contributed by atoms with Gasteiger partial charge < -0.3 is 15.0 Å². The molecule has 0 bridgehead atoms. The highest BCUT2D eigenvalue weighted by molar-refractivity contribution is 6.09. The van der Waals surface area contributed by atoms with E-state index in [0.717, 1.165) is 35.3 Å². The summed E-state index contributed by atoms with van der Waals surface area (Å²) in [5, 5.41) is 3.01. The lowest BCUT2D eigenvalue weighted by atomic mass is 10.1. The maximum absolute atomic E-state index is 13.5. The Balaban J connectivity index is 1.26. The van der Waals surface area contributed by atoms with Crippen molar-refractivity contribution in [1.29, 1.82) is 0 Å². The lowest BCUT2D eigenvalue weighted by molar-refractivity contribution is -0.117. The second-order valence-corrected chi connectivity index (χ2v) is 9.74. The van der Waals surface area contributed by atoms with Gasteiger partial charge in [0.2, 0.25) is 0 Å². The summed E-state index contributed by atoms with van der Waals surface area (Å²) in [5.41, 5.74) is 4.36. The van der Waals surface area contributed by atoms with Crippen molar-refractivity contribution in [2.75, 3.05) is 31.1 Å². The van der Waals surface area contributed by atoms with Crippen molar-refractivity contribution in [2.45, 2.75) is 32.7 Å². The van der Waals surface area contributed by atoms with E-state index >= 15 is 0 Å². The molecule has 1 saturated heterocycles. The standard InChI is InChI=1S/C31H33N3O3/c1-23-8-6-9-25(20-23)22-34-27-10-2-3-11-28(27)37-29(31(34)36)21-24-12-14-26(15-13-24)30(35)32-16-7-19-33-17-4-5-18-33/h2-3,6,8-15,20-21H,4-5,7,16-19,22H2,1H3,(H,32,35). The van der Waals surface area contributed by atoms with Gasteiger partial charge in [0.1, 0.15) is 0 Å². The quantitative estimate of drug-likeness (QED) is 0.346. The third-order valence-corrected chi connectivity index (χ3v) is 6.86. The van der Waals surface area contributed by atoms with Crippen LogP contribution in [0.3, 0.4) is 0 Å². The first-order chi connectivity index (χ1) is 18.1. The topological polar surface area (TPSA) is 61.9 Å². The zero-order valence-electron chi connectivity index (χ0n) is 21.3. The Morgan fingerprint density at radius 1 is 1.00 bits per heavy atom. The van der Waals surface area contributed by atoms with Gasteiger partial charge in [-0.3, -0.25) is 14.5 Å². The monoisotopic (exact) mass is 495 g/mol. The van der Waals surface area contributed by atoms with Gasteiger partial charge in [-0.05, 0) is 87.3 Å². The van der Waals surface area contributed by atoms with E-state index in [-0.39, 0.29) is 17.6 Å². The number of likely N-dealkylation sites (tertiary alicyclic amines) is 1. The van der Waals surface area contributed by atoms with Crippen molar-refractivity contribution in [3.05, 3.63) is 101 Å². The van der Waals surface area contributed by atoms with Crippen LogP contribution in [0.5, 0.6) is 5.75 Å². The summed E-state index contributed by atoms with van der Waals surface area (Å²) in [6.45, 7) is 6.54. The fourth-order valence-electron chi connectivity index (χ4n) is 4.91. The number of ether oxygens (including phenoxy) is 1. The van der Waals surface area contributed by atoms with Crippen molar-refractivity contribution < 1.29 is 14.3 Å². The molecule has 0 spiro atoms. The number of para-hydroxylation sites is 2. The Morgan fingerprint density at radius 3 is 2.57 bits per heavy atom. The predicted octanol–water partition coefficient (Wildman–Crippen LogP) is 5.18. The summed E-state index contributed by atoms with van der Waals surface area (Å²) >= 11 is 0. The second-order valence-electron chi connectivity index (χ2n) is 9.74. The van der Waals surface area contributed by atoms with E-state index in [0.29, 0.717) is 24.4 Å². The summed E-state index contributed by atoms with van der Waals surface area (Å²) in [4.78, 5) is 30.2. The first kappa shape index (κ1) is 24.8. The molecule has 190 valence electrons. The Morgan fingerprint density at radius 2 is 1.78 bits per heavy atom. The van der Waals surface area contributed by atoms with E-state index < -0.39 is 0 Å². The fraction of sp³-hybridized carbons (Fsp3) is 0.290. The van der Waals surface area contributed by atoms with Crippen molar-refractivity contribution >= 4 is 23.6 Å². The van der Waals surface area contributed by atoms with Crippen LogP contribution in [0.25, 0.3) is 6.08 Å². The number of hydrogen-bond donors (Lipinski definition) is 1. The molecule has 0 saturated carbocycles. The molecule has 3 aromatic rings. The highest BCUT2D eigenvalue weighted by Gasteiger charge is 2.30. The van der Waals surface area contributed by atoms with Crippen LogP contribution in [-0.2, 0) is 11.3 Å². The van der Waals surface area contributed by atoms with Gasteiger partial charge in [-0.1, -0.05) is 54.1 Å². The first-order valence-electron chi connectivity index (χ1n) is 13.0. The van der Waals surface area contributed by atoms with Crippen molar-refractivity contribution in [3.8, 4) is 5.75 Å². The maximum atomic E-state index is 13.5. The minimum Gasteiger partial charge on any atom is -0.449 e. The molecule has 0 aliphatic carbocycles. The van der Waals surface area contributed by atoms with Gasteiger partial charge in [0, 0.05) is 12.1 Å². The van der Waals surface area contributed by atoms with Crippen molar-refractivity contribution in [2.24, 2.45) is 0 Å². The molecule has 6 heteroatoms. The highest BCUT2D eigenvalue weighted by atomic mass is 16.5. The fourth-order valence-corrected chi connectivity index (χ4v) is 4.91. The van der Waals surface area contributed by atoms with E-state index in [9.17, 15) is 9.59 Å². The molecule has 2 heterocycles. The maximum Gasteiger partial charge on any atom is 0.294 e. The number of nitrogens with zero attached hydrogens (tertiary/aromatic N) is 2. The normalized spacial score (nSPS) is 16.5. The van der Waals surface area contributed by atoms with Crippen LogP contribution >= 0.6 is 0 Å². The molecule has 37 heavy (non-hydrogen) atoms. The molecule has 2 amide bonds. The Kier molecular flexibility index (Phi) is 7.66. The summed E-state index contributed by atoms with van der Waals surface area (Å²) < 4.78 is 6.01. The molecule has 2 aliphatic rings. The SMILES string of the molecule is Cc1cccc(CN2C(=O)C(=Cc3ccc(C(=O)NCCCN4CCCC4)cc3)Oc3ccccc32)c1. The Labute approximate surface area is 218 Å². The predicted molar refractivity (Wildman–Crippen MR) is 146 cm³/mol. The number of carbonyl (C=O) groups is 2. The van der Waals surface area contributed by atoms with Crippen LogP contribution in [0, 0.1) is 6.92 Å². The minimum absolute atomic E-state index is 0.0797. The summed E-state index contributed by atoms with van der Waals surface area (Å²) in [5.74, 6) is 0.625. The van der Waals surface area contributed by atoms with Gasteiger partial charge in [-0.15, -0.1) is 0 Å². The highest BCUT2D eigenvalue weighted by Crippen LogP contribution is 2.36. The largest absolute Gasteiger partial charge is 0.449 e. The zero-order valence-corrected chi connectivity index (χ0v) is 21.3. The van der Waals surface area contributed by atoms with Gasteiger partial charge in [0.15, 0.2) is 11.5 Å². The Bertz CT molecular complexity index is 1290. The molecule has 1 fully saturated rings. The molecule has 5 rings (SSSR count). The van der Waals surface area contributed by atoms with E-state index in [1.807, 2.05) is 61.5 Å². The molecular formula is C31H33N3O3. The number of carbonyl (C=O) groups excluding carboxylic acids is 2. The lowest BCUT2D eigenvalue weighted by Gasteiger charge is -2.30. The van der Waals surface area contributed by atoms with Gasteiger partial charge in [-0.2, -0.15) is 0 Å².